The minimum absolute atomic E-state index is 0.170. The van der Waals surface area contributed by atoms with E-state index in [-0.39, 0.29) is 30.3 Å². The Morgan fingerprint density at radius 3 is 2.48 bits per heavy atom. The van der Waals surface area contributed by atoms with Crippen LogP contribution in [0, 0.1) is 11.3 Å². The molecule has 178 valence electrons. The van der Waals surface area contributed by atoms with E-state index in [4.69, 9.17) is 0 Å². The van der Waals surface area contributed by atoms with E-state index in [1.807, 2.05) is 12.1 Å². The number of piperidine rings is 1. The molecule has 2 fully saturated rings. The molecule has 8 nitrogen and oxygen atoms in total. The molecule has 1 unspecified atom stereocenters. The predicted octanol–water partition coefficient (Wildman–Crippen LogP) is 2.85. The molecule has 3 aliphatic rings. The van der Waals surface area contributed by atoms with E-state index in [9.17, 15) is 19.2 Å². The molecule has 3 N–H and O–H groups in total. The molecule has 4 rings (SSSR count). The fourth-order valence-electron chi connectivity index (χ4n) is 5.26. The maximum Gasteiger partial charge on any atom is 0.315 e. The standard InChI is InChI=1S/C25H34N4O4/c1-25(2,3)17-5-7-18(8-6-17)27-24(33)26-13-15-4-9-19-16(12-15)14-29(23(19)32)20-10-11-21(30)28-22(20)31/h4,9,12,17-18,20H,5-8,10-11,13-14H2,1-3H3,(H2,26,27,33)(H,28,30,31)/t17-,18+,20?. The lowest BCUT2D eigenvalue weighted by Crippen LogP contribution is -2.52. The molecule has 0 aromatic heterocycles. The summed E-state index contributed by atoms with van der Waals surface area (Å²) in [5.74, 6) is -0.202. The Hall–Kier alpha value is -2.90. The molecule has 5 amide bonds. The van der Waals surface area contributed by atoms with Gasteiger partial charge in [0, 0.05) is 31.1 Å². The molecule has 2 aliphatic heterocycles. The van der Waals surface area contributed by atoms with Crippen molar-refractivity contribution in [3.05, 3.63) is 34.9 Å². The van der Waals surface area contributed by atoms with Crippen molar-refractivity contribution < 1.29 is 19.2 Å². The molecule has 1 atom stereocenters. The van der Waals surface area contributed by atoms with Gasteiger partial charge in [-0.15, -0.1) is 0 Å². The van der Waals surface area contributed by atoms with Crippen LogP contribution < -0.4 is 16.0 Å². The molecule has 1 aromatic rings. The van der Waals surface area contributed by atoms with E-state index >= 15 is 0 Å². The van der Waals surface area contributed by atoms with Crippen LogP contribution in [-0.4, -0.2) is 40.7 Å². The molecule has 1 saturated carbocycles. The van der Waals surface area contributed by atoms with E-state index in [1.165, 1.54) is 4.90 Å². The largest absolute Gasteiger partial charge is 0.335 e. The number of fused-ring (bicyclic) bond motifs is 1. The summed E-state index contributed by atoms with van der Waals surface area (Å²) in [6.07, 6.45) is 4.86. The number of imide groups is 1. The van der Waals surface area contributed by atoms with E-state index in [0.717, 1.165) is 36.8 Å². The first kappa shape index (κ1) is 23.3. The zero-order valence-electron chi connectivity index (χ0n) is 19.7. The number of rotatable bonds is 4. The lowest BCUT2D eigenvalue weighted by atomic mass is 9.71. The molecule has 1 aliphatic carbocycles. The number of benzene rings is 1. The number of carbonyl (C=O) groups excluding carboxylic acids is 4. The van der Waals surface area contributed by atoms with Crippen molar-refractivity contribution in [1.82, 2.24) is 20.9 Å². The smallest absolute Gasteiger partial charge is 0.315 e. The lowest BCUT2D eigenvalue weighted by molar-refractivity contribution is -0.136. The quantitative estimate of drug-likeness (QED) is 0.608. The highest BCUT2D eigenvalue weighted by molar-refractivity contribution is 6.05. The van der Waals surface area contributed by atoms with Gasteiger partial charge in [-0.2, -0.15) is 0 Å². The summed E-state index contributed by atoms with van der Waals surface area (Å²) in [5.41, 5.74) is 2.63. The van der Waals surface area contributed by atoms with Crippen molar-refractivity contribution >= 4 is 23.8 Å². The molecule has 8 heteroatoms. The maximum absolute atomic E-state index is 12.8. The first-order valence-corrected chi connectivity index (χ1v) is 11.9. The Bertz CT molecular complexity index is 960. The minimum Gasteiger partial charge on any atom is -0.335 e. The van der Waals surface area contributed by atoms with Gasteiger partial charge in [0.15, 0.2) is 0 Å². The van der Waals surface area contributed by atoms with Crippen LogP contribution in [0.2, 0.25) is 0 Å². The van der Waals surface area contributed by atoms with Crippen LogP contribution in [0.15, 0.2) is 18.2 Å². The Labute approximate surface area is 194 Å². The Kier molecular flexibility index (Phi) is 6.45. The summed E-state index contributed by atoms with van der Waals surface area (Å²) in [5, 5.41) is 8.34. The molecular weight excluding hydrogens is 420 g/mol. The second-order valence-corrected chi connectivity index (χ2v) is 10.6. The first-order valence-electron chi connectivity index (χ1n) is 11.9. The molecule has 1 saturated heterocycles. The number of urea groups is 1. The van der Waals surface area contributed by atoms with E-state index in [2.05, 4.69) is 36.7 Å². The van der Waals surface area contributed by atoms with Crippen LogP contribution in [0.1, 0.15) is 80.8 Å². The van der Waals surface area contributed by atoms with Gasteiger partial charge < -0.3 is 15.5 Å². The number of carbonyl (C=O) groups is 4. The summed E-state index contributed by atoms with van der Waals surface area (Å²) in [6.45, 7) is 7.55. The summed E-state index contributed by atoms with van der Waals surface area (Å²) >= 11 is 0. The van der Waals surface area contributed by atoms with Gasteiger partial charge in [0.1, 0.15) is 6.04 Å². The van der Waals surface area contributed by atoms with Gasteiger partial charge in [-0.1, -0.05) is 32.9 Å². The van der Waals surface area contributed by atoms with Gasteiger partial charge in [-0.3, -0.25) is 19.7 Å². The fourth-order valence-corrected chi connectivity index (χ4v) is 5.26. The highest BCUT2D eigenvalue weighted by Crippen LogP contribution is 2.37. The third kappa shape index (κ3) is 5.20. The molecule has 2 heterocycles. The van der Waals surface area contributed by atoms with Gasteiger partial charge in [-0.05, 0) is 60.6 Å². The molecule has 0 bridgehead atoms. The van der Waals surface area contributed by atoms with Gasteiger partial charge in [0.05, 0.1) is 0 Å². The van der Waals surface area contributed by atoms with Crippen LogP contribution in [0.3, 0.4) is 0 Å². The second-order valence-electron chi connectivity index (χ2n) is 10.6. The summed E-state index contributed by atoms with van der Waals surface area (Å²) in [4.78, 5) is 50.3. The monoisotopic (exact) mass is 454 g/mol. The highest BCUT2D eigenvalue weighted by Gasteiger charge is 2.39. The minimum atomic E-state index is -0.622. The maximum atomic E-state index is 12.8. The Morgan fingerprint density at radius 1 is 1.09 bits per heavy atom. The van der Waals surface area contributed by atoms with Crippen LogP contribution in [0.25, 0.3) is 0 Å². The Balaban J connectivity index is 1.28. The number of hydrogen-bond acceptors (Lipinski definition) is 4. The van der Waals surface area contributed by atoms with E-state index in [1.54, 1.807) is 6.07 Å². The predicted molar refractivity (Wildman–Crippen MR) is 123 cm³/mol. The van der Waals surface area contributed by atoms with E-state index < -0.39 is 11.9 Å². The zero-order valence-corrected chi connectivity index (χ0v) is 19.7. The number of nitrogens with one attached hydrogen (secondary N) is 3. The number of amides is 5. The molecule has 33 heavy (non-hydrogen) atoms. The lowest BCUT2D eigenvalue weighted by Gasteiger charge is -2.37. The van der Waals surface area contributed by atoms with Crippen molar-refractivity contribution in [2.45, 2.75) is 84.5 Å². The first-order chi connectivity index (χ1) is 15.6. The summed E-state index contributed by atoms with van der Waals surface area (Å²) < 4.78 is 0. The average Bonchev–Trinajstić information content (AvgIpc) is 3.07. The highest BCUT2D eigenvalue weighted by atomic mass is 16.2. The Morgan fingerprint density at radius 2 is 1.82 bits per heavy atom. The van der Waals surface area contributed by atoms with Crippen LogP contribution >= 0.6 is 0 Å². The molecule has 0 radical (unpaired) electrons. The molecule has 0 spiro atoms. The molecular formula is C25H34N4O4. The van der Waals surface area contributed by atoms with Crippen LogP contribution in [-0.2, 0) is 22.7 Å². The van der Waals surface area contributed by atoms with Gasteiger partial charge in [0.25, 0.3) is 5.91 Å². The fraction of sp³-hybridized carbons (Fsp3) is 0.600. The van der Waals surface area contributed by atoms with Crippen molar-refractivity contribution in [1.29, 1.82) is 0 Å². The average molecular weight is 455 g/mol. The normalized spacial score (nSPS) is 25.5. The van der Waals surface area contributed by atoms with Gasteiger partial charge in [0.2, 0.25) is 11.8 Å². The van der Waals surface area contributed by atoms with Crippen molar-refractivity contribution in [3.8, 4) is 0 Å². The van der Waals surface area contributed by atoms with Crippen LogP contribution in [0.5, 0.6) is 0 Å². The van der Waals surface area contributed by atoms with Crippen molar-refractivity contribution in [2.24, 2.45) is 11.3 Å². The van der Waals surface area contributed by atoms with Crippen molar-refractivity contribution in [2.75, 3.05) is 0 Å². The third-order valence-corrected chi connectivity index (χ3v) is 7.33. The second kappa shape index (κ2) is 9.15. The topological polar surface area (TPSA) is 108 Å². The third-order valence-electron chi connectivity index (χ3n) is 7.33. The summed E-state index contributed by atoms with van der Waals surface area (Å²) in [6, 6.07) is 4.92. The SMILES string of the molecule is CC(C)(C)[C@H]1CC[C@@H](NC(=O)NCc2ccc3c(c2)CN(C2CCC(=O)NC2=O)C3=O)CC1. The van der Waals surface area contributed by atoms with E-state index in [0.29, 0.717) is 36.4 Å². The van der Waals surface area contributed by atoms with Gasteiger partial charge >= 0.3 is 6.03 Å². The van der Waals surface area contributed by atoms with Crippen LogP contribution in [0.4, 0.5) is 4.79 Å². The zero-order chi connectivity index (χ0) is 23.8. The number of nitrogens with zero attached hydrogens (tertiary/aromatic N) is 1. The summed E-state index contributed by atoms with van der Waals surface area (Å²) in [7, 11) is 0. The van der Waals surface area contributed by atoms with Crippen molar-refractivity contribution in [3.63, 3.8) is 0 Å². The van der Waals surface area contributed by atoms with Gasteiger partial charge in [-0.25, -0.2) is 4.79 Å². The molecule has 1 aromatic carbocycles. The number of hydrogen-bond donors (Lipinski definition) is 3.